The Labute approximate surface area is 124 Å². The van der Waals surface area contributed by atoms with Gasteiger partial charge in [-0.15, -0.1) is 0 Å². The molecule has 0 saturated carbocycles. The summed E-state index contributed by atoms with van der Waals surface area (Å²) in [6, 6.07) is 7.60. The van der Waals surface area contributed by atoms with Gasteiger partial charge in [0.05, 0.1) is 6.61 Å². The van der Waals surface area contributed by atoms with E-state index >= 15 is 0 Å². The molecule has 21 heavy (non-hydrogen) atoms. The molecule has 0 saturated heterocycles. The Bertz CT molecular complexity index is 650. The van der Waals surface area contributed by atoms with Crippen molar-refractivity contribution in [3.63, 3.8) is 0 Å². The SMILES string of the molecule is CC(C)Cn1ccnc(NCc2cccc(CO)c2)c1=O. The molecule has 0 aliphatic rings. The number of anilines is 1. The van der Waals surface area contributed by atoms with E-state index in [1.165, 1.54) is 0 Å². The summed E-state index contributed by atoms with van der Waals surface area (Å²) in [7, 11) is 0. The lowest BCUT2D eigenvalue weighted by atomic mass is 10.1. The highest BCUT2D eigenvalue weighted by Gasteiger charge is 2.06. The fourth-order valence-electron chi connectivity index (χ4n) is 2.13. The van der Waals surface area contributed by atoms with Gasteiger partial charge >= 0.3 is 0 Å². The predicted molar refractivity (Wildman–Crippen MR) is 83.0 cm³/mol. The summed E-state index contributed by atoms with van der Waals surface area (Å²) in [6.45, 7) is 5.33. The van der Waals surface area contributed by atoms with Crippen LogP contribution in [0, 0.1) is 5.92 Å². The summed E-state index contributed by atoms with van der Waals surface area (Å²) < 4.78 is 1.67. The standard InChI is InChI=1S/C16H21N3O2/c1-12(2)10-19-7-6-17-15(16(19)21)18-9-13-4-3-5-14(8-13)11-20/h3-8,12,20H,9-11H2,1-2H3,(H,17,18). The lowest BCUT2D eigenvalue weighted by Gasteiger charge is -2.11. The quantitative estimate of drug-likeness (QED) is 0.853. The molecule has 2 aromatic rings. The Hall–Kier alpha value is -2.14. The second kappa shape index (κ2) is 7.04. The number of aliphatic hydroxyl groups is 1. The minimum absolute atomic E-state index is 0.0125. The van der Waals surface area contributed by atoms with Gasteiger partial charge in [-0.2, -0.15) is 0 Å². The zero-order valence-corrected chi connectivity index (χ0v) is 12.4. The van der Waals surface area contributed by atoms with Crippen LogP contribution in [0.3, 0.4) is 0 Å². The van der Waals surface area contributed by atoms with Crippen LogP contribution in [0.4, 0.5) is 5.82 Å². The number of hydrogen-bond acceptors (Lipinski definition) is 4. The molecule has 1 aromatic heterocycles. The van der Waals surface area contributed by atoms with E-state index in [1.807, 2.05) is 24.3 Å². The third-order valence-electron chi connectivity index (χ3n) is 3.11. The Kier molecular flexibility index (Phi) is 5.11. The molecule has 0 aliphatic carbocycles. The average Bonchev–Trinajstić information content (AvgIpc) is 2.48. The summed E-state index contributed by atoms with van der Waals surface area (Å²) in [5.74, 6) is 0.756. The number of hydrogen-bond donors (Lipinski definition) is 2. The molecule has 5 nitrogen and oxygen atoms in total. The van der Waals surface area contributed by atoms with Crippen LogP contribution in [-0.4, -0.2) is 14.7 Å². The molecule has 112 valence electrons. The maximum absolute atomic E-state index is 12.2. The molecule has 0 unspecified atom stereocenters. The van der Waals surface area contributed by atoms with E-state index < -0.39 is 0 Å². The highest BCUT2D eigenvalue weighted by Crippen LogP contribution is 2.07. The molecule has 0 fully saturated rings. The van der Waals surface area contributed by atoms with Crippen LogP contribution in [0.1, 0.15) is 25.0 Å². The first-order valence-electron chi connectivity index (χ1n) is 7.08. The first kappa shape index (κ1) is 15.3. The molecule has 0 amide bonds. The van der Waals surface area contributed by atoms with Crippen molar-refractivity contribution < 1.29 is 5.11 Å². The average molecular weight is 287 g/mol. The molecule has 0 radical (unpaired) electrons. The van der Waals surface area contributed by atoms with Gasteiger partial charge in [0.25, 0.3) is 5.56 Å². The van der Waals surface area contributed by atoms with Gasteiger partial charge in [0, 0.05) is 25.5 Å². The molecule has 2 rings (SSSR count). The summed E-state index contributed by atoms with van der Waals surface area (Å²) >= 11 is 0. The number of aromatic nitrogens is 2. The molecular weight excluding hydrogens is 266 g/mol. The molecular formula is C16H21N3O2. The molecule has 0 bridgehead atoms. The topological polar surface area (TPSA) is 67.2 Å². The van der Waals surface area contributed by atoms with Gasteiger partial charge in [-0.1, -0.05) is 38.1 Å². The van der Waals surface area contributed by atoms with Crippen molar-refractivity contribution in [2.75, 3.05) is 5.32 Å². The van der Waals surface area contributed by atoms with Crippen LogP contribution in [0.2, 0.25) is 0 Å². The Morgan fingerprint density at radius 3 is 2.81 bits per heavy atom. The molecule has 1 aromatic carbocycles. The zero-order valence-electron chi connectivity index (χ0n) is 12.4. The lowest BCUT2D eigenvalue weighted by Crippen LogP contribution is -2.25. The molecule has 2 N–H and O–H groups in total. The predicted octanol–water partition coefficient (Wildman–Crippen LogP) is 2.00. The minimum Gasteiger partial charge on any atom is -0.392 e. The van der Waals surface area contributed by atoms with Crippen LogP contribution < -0.4 is 10.9 Å². The van der Waals surface area contributed by atoms with Crippen molar-refractivity contribution in [1.82, 2.24) is 9.55 Å². The summed E-state index contributed by atoms with van der Waals surface area (Å²) in [6.07, 6.45) is 3.34. The smallest absolute Gasteiger partial charge is 0.293 e. The lowest BCUT2D eigenvalue weighted by molar-refractivity contribution is 0.281. The summed E-state index contributed by atoms with van der Waals surface area (Å²) in [5.41, 5.74) is 1.75. The minimum atomic E-state index is -0.107. The number of nitrogens with one attached hydrogen (secondary N) is 1. The van der Waals surface area contributed by atoms with E-state index in [0.29, 0.717) is 24.8 Å². The van der Waals surface area contributed by atoms with Gasteiger partial charge in [0.1, 0.15) is 0 Å². The second-order valence-corrected chi connectivity index (χ2v) is 5.46. The van der Waals surface area contributed by atoms with Gasteiger partial charge < -0.3 is 15.0 Å². The first-order chi connectivity index (χ1) is 10.1. The highest BCUT2D eigenvalue weighted by atomic mass is 16.3. The highest BCUT2D eigenvalue weighted by molar-refractivity contribution is 5.33. The van der Waals surface area contributed by atoms with E-state index in [2.05, 4.69) is 24.1 Å². The van der Waals surface area contributed by atoms with E-state index in [9.17, 15) is 4.79 Å². The number of aliphatic hydroxyl groups excluding tert-OH is 1. The van der Waals surface area contributed by atoms with Crippen LogP contribution in [-0.2, 0) is 19.7 Å². The van der Waals surface area contributed by atoms with Gasteiger partial charge in [-0.25, -0.2) is 4.98 Å². The molecule has 1 heterocycles. The number of rotatable bonds is 6. The van der Waals surface area contributed by atoms with Gasteiger partial charge in [-0.3, -0.25) is 4.79 Å². The number of benzene rings is 1. The van der Waals surface area contributed by atoms with Crippen LogP contribution >= 0.6 is 0 Å². The van der Waals surface area contributed by atoms with Crippen molar-refractivity contribution in [2.45, 2.75) is 33.5 Å². The van der Waals surface area contributed by atoms with E-state index in [4.69, 9.17) is 5.11 Å². The third kappa shape index (κ3) is 4.16. The van der Waals surface area contributed by atoms with Gasteiger partial charge in [-0.05, 0) is 17.0 Å². The monoisotopic (exact) mass is 287 g/mol. The Balaban J connectivity index is 2.11. The molecule has 5 heteroatoms. The van der Waals surface area contributed by atoms with E-state index in [1.54, 1.807) is 17.0 Å². The Morgan fingerprint density at radius 1 is 1.33 bits per heavy atom. The van der Waals surface area contributed by atoms with E-state index in [0.717, 1.165) is 11.1 Å². The van der Waals surface area contributed by atoms with Crippen molar-refractivity contribution in [1.29, 1.82) is 0 Å². The van der Waals surface area contributed by atoms with Crippen molar-refractivity contribution in [3.8, 4) is 0 Å². The van der Waals surface area contributed by atoms with Crippen LogP contribution in [0.25, 0.3) is 0 Å². The third-order valence-corrected chi connectivity index (χ3v) is 3.11. The van der Waals surface area contributed by atoms with Crippen LogP contribution in [0.5, 0.6) is 0 Å². The van der Waals surface area contributed by atoms with Crippen molar-refractivity contribution in [2.24, 2.45) is 5.92 Å². The summed E-state index contributed by atoms with van der Waals surface area (Å²) in [5, 5.41) is 12.2. The second-order valence-electron chi connectivity index (χ2n) is 5.46. The Morgan fingerprint density at radius 2 is 2.10 bits per heavy atom. The zero-order chi connectivity index (χ0) is 15.2. The first-order valence-corrected chi connectivity index (χ1v) is 7.08. The fourth-order valence-corrected chi connectivity index (χ4v) is 2.13. The largest absolute Gasteiger partial charge is 0.392 e. The molecule has 0 aliphatic heterocycles. The van der Waals surface area contributed by atoms with Crippen molar-refractivity contribution in [3.05, 3.63) is 58.1 Å². The van der Waals surface area contributed by atoms with Crippen molar-refractivity contribution >= 4 is 5.82 Å². The normalized spacial score (nSPS) is 10.9. The van der Waals surface area contributed by atoms with Crippen LogP contribution in [0.15, 0.2) is 41.5 Å². The van der Waals surface area contributed by atoms with Gasteiger partial charge in [0.15, 0.2) is 5.82 Å². The summed E-state index contributed by atoms with van der Waals surface area (Å²) in [4.78, 5) is 16.4. The molecule has 0 atom stereocenters. The fraction of sp³-hybridized carbons (Fsp3) is 0.375. The number of nitrogens with zero attached hydrogens (tertiary/aromatic N) is 2. The maximum atomic E-state index is 12.2. The maximum Gasteiger partial charge on any atom is 0.293 e. The van der Waals surface area contributed by atoms with E-state index in [-0.39, 0.29) is 12.2 Å². The molecule has 0 spiro atoms. The van der Waals surface area contributed by atoms with Gasteiger partial charge in [0.2, 0.25) is 0 Å².